The van der Waals surface area contributed by atoms with E-state index in [1.807, 2.05) is 0 Å². The summed E-state index contributed by atoms with van der Waals surface area (Å²) in [6.07, 6.45) is 2.13. The van der Waals surface area contributed by atoms with E-state index < -0.39 is 22.4 Å². The summed E-state index contributed by atoms with van der Waals surface area (Å²) in [6, 6.07) is 1.77. The standard InChI is InChI=1S/C11H8FN3O5/c1-20-10-3-8(7(12)2-9(10)15(18)19)14-5-6(4-13-14)11(16)17/h2-5H,1H3,(H,16,17). The molecule has 1 heterocycles. The highest BCUT2D eigenvalue weighted by Crippen LogP contribution is 2.31. The van der Waals surface area contributed by atoms with Crippen LogP contribution in [0.3, 0.4) is 0 Å². The zero-order chi connectivity index (χ0) is 14.9. The molecule has 0 fully saturated rings. The number of carboxylic acid groups (broad SMARTS) is 1. The van der Waals surface area contributed by atoms with Gasteiger partial charge in [0.15, 0.2) is 11.6 Å². The maximum atomic E-state index is 13.9. The fourth-order valence-electron chi connectivity index (χ4n) is 1.58. The molecule has 0 amide bonds. The van der Waals surface area contributed by atoms with Crippen molar-refractivity contribution in [1.82, 2.24) is 9.78 Å². The highest BCUT2D eigenvalue weighted by Gasteiger charge is 2.21. The van der Waals surface area contributed by atoms with E-state index in [4.69, 9.17) is 9.84 Å². The van der Waals surface area contributed by atoms with Gasteiger partial charge >= 0.3 is 11.7 Å². The number of benzene rings is 1. The lowest BCUT2D eigenvalue weighted by molar-refractivity contribution is -0.385. The zero-order valence-electron chi connectivity index (χ0n) is 10.1. The SMILES string of the molecule is COc1cc(-n2cc(C(=O)O)cn2)c(F)cc1[N+](=O)[O-]. The van der Waals surface area contributed by atoms with Crippen LogP contribution in [-0.2, 0) is 0 Å². The van der Waals surface area contributed by atoms with E-state index in [2.05, 4.69) is 5.10 Å². The molecule has 0 aliphatic carbocycles. The third-order valence-electron chi connectivity index (χ3n) is 2.52. The van der Waals surface area contributed by atoms with Gasteiger partial charge in [0.25, 0.3) is 0 Å². The number of carboxylic acids is 1. The van der Waals surface area contributed by atoms with E-state index in [0.29, 0.717) is 6.07 Å². The first kappa shape index (κ1) is 13.5. The quantitative estimate of drug-likeness (QED) is 0.674. The molecule has 0 spiro atoms. The Morgan fingerprint density at radius 3 is 2.75 bits per heavy atom. The van der Waals surface area contributed by atoms with E-state index in [1.165, 1.54) is 7.11 Å². The number of hydrogen-bond donors (Lipinski definition) is 1. The molecule has 2 aromatic rings. The van der Waals surface area contributed by atoms with Crippen molar-refractivity contribution >= 4 is 11.7 Å². The highest BCUT2D eigenvalue weighted by atomic mass is 19.1. The lowest BCUT2D eigenvalue weighted by atomic mass is 10.2. The third-order valence-corrected chi connectivity index (χ3v) is 2.52. The van der Waals surface area contributed by atoms with Gasteiger partial charge in [0.05, 0.1) is 29.9 Å². The second-order valence-corrected chi connectivity index (χ2v) is 3.71. The Labute approximate surface area is 111 Å². The number of rotatable bonds is 4. The third kappa shape index (κ3) is 2.28. The van der Waals surface area contributed by atoms with Crippen LogP contribution in [0.4, 0.5) is 10.1 Å². The molecular weight excluding hydrogens is 273 g/mol. The van der Waals surface area contributed by atoms with E-state index >= 15 is 0 Å². The Morgan fingerprint density at radius 2 is 2.25 bits per heavy atom. The molecule has 0 aliphatic heterocycles. The number of aromatic carboxylic acids is 1. The van der Waals surface area contributed by atoms with Gasteiger partial charge in [-0.05, 0) is 0 Å². The van der Waals surface area contributed by atoms with Crippen LogP contribution in [-0.4, -0.2) is 32.9 Å². The van der Waals surface area contributed by atoms with Crippen molar-refractivity contribution in [3.05, 3.63) is 46.0 Å². The topological polar surface area (TPSA) is 107 Å². The van der Waals surface area contributed by atoms with Gasteiger partial charge in [-0.3, -0.25) is 10.1 Å². The minimum absolute atomic E-state index is 0.137. The molecule has 0 saturated carbocycles. The van der Waals surface area contributed by atoms with Crippen LogP contribution in [0.25, 0.3) is 5.69 Å². The van der Waals surface area contributed by atoms with Crippen LogP contribution < -0.4 is 4.74 Å². The van der Waals surface area contributed by atoms with Crippen molar-refractivity contribution in [3.63, 3.8) is 0 Å². The number of halogens is 1. The smallest absolute Gasteiger partial charge is 0.338 e. The summed E-state index contributed by atoms with van der Waals surface area (Å²) in [5.41, 5.74) is -0.818. The molecule has 0 radical (unpaired) electrons. The van der Waals surface area contributed by atoms with Crippen LogP contribution >= 0.6 is 0 Å². The Kier molecular flexibility index (Phi) is 3.34. The van der Waals surface area contributed by atoms with E-state index in [1.54, 1.807) is 0 Å². The number of methoxy groups -OCH3 is 1. The van der Waals surface area contributed by atoms with Gasteiger partial charge in [-0.1, -0.05) is 0 Å². The molecule has 0 atom stereocenters. The summed E-state index contributed by atoms with van der Waals surface area (Å²) in [7, 11) is 1.20. The number of ether oxygens (including phenoxy) is 1. The molecule has 1 aromatic heterocycles. The maximum Gasteiger partial charge on any atom is 0.338 e. The molecule has 9 heteroatoms. The maximum absolute atomic E-state index is 13.9. The van der Waals surface area contributed by atoms with Gasteiger partial charge < -0.3 is 9.84 Å². The first-order valence-corrected chi connectivity index (χ1v) is 5.24. The van der Waals surface area contributed by atoms with Gasteiger partial charge in [-0.15, -0.1) is 0 Å². The van der Waals surface area contributed by atoms with Crippen LogP contribution in [0, 0.1) is 15.9 Å². The number of nitro groups is 1. The number of nitro benzene ring substituents is 1. The Hall–Kier alpha value is -2.97. The van der Waals surface area contributed by atoms with Crippen molar-refractivity contribution in [2.45, 2.75) is 0 Å². The van der Waals surface area contributed by atoms with Gasteiger partial charge in [-0.25, -0.2) is 13.9 Å². The summed E-state index contributed by atoms with van der Waals surface area (Å²) >= 11 is 0. The summed E-state index contributed by atoms with van der Waals surface area (Å²) in [5, 5.41) is 23.2. The molecule has 0 unspecified atom stereocenters. The molecule has 0 bridgehead atoms. The highest BCUT2D eigenvalue weighted by molar-refractivity contribution is 5.87. The molecule has 20 heavy (non-hydrogen) atoms. The Morgan fingerprint density at radius 1 is 1.55 bits per heavy atom. The van der Waals surface area contributed by atoms with Crippen LogP contribution in [0.1, 0.15) is 10.4 Å². The second kappa shape index (κ2) is 4.96. The monoisotopic (exact) mass is 281 g/mol. The van der Waals surface area contributed by atoms with Crippen molar-refractivity contribution in [1.29, 1.82) is 0 Å². The number of nitrogens with zero attached hydrogens (tertiary/aromatic N) is 3. The van der Waals surface area contributed by atoms with Gasteiger partial charge in [0.1, 0.15) is 5.69 Å². The summed E-state index contributed by atoms with van der Waals surface area (Å²) < 4.78 is 19.6. The largest absolute Gasteiger partial charge is 0.490 e. The Bertz CT molecular complexity index is 697. The van der Waals surface area contributed by atoms with Gasteiger partial charge in [0.2, 0.25) is 0 Å². The number of hydrogen-bond acceptors (Lipinski definition) is 5. The molecule has 1 N–H and O–H groups in total. The molecule has 0 aliphatic rings. The van der Waals surface area contributed by atoms with Crippen molar-refractivity contribution in [3.8, 4) is 11.4 Å². The van der Waals surface area contributed by atoms with Crippen molar-refractivity contribution < 1.29 is 24.0 Å². The fourth-order valence-corrected chi connectivity index (χ4v) is 1.58. The average Bonchev–Trinajstić information content (AvgIpc) is 2.87. The summed E-state index contributed by atoms with van der Waals surface area (Å²) in [6.45, 7) is 0. The van der Waals surface area contributed by atoms with E-state index in [0.717, 1.165) is 23.1 Å². The van der Waals surface area contributed by atoms with Crippen LogP contribution in [0.5, 0.6) is 5.75 Å². The molecule has 1 aromatic carbocycles. The molecule has 2 rings (SSSR count). The van der Waals surface area contributed by atoms with Crippen molar-refractivity contribution in [2.75, 3.05) is 7.11 Å². The number of aromatic nitrogens is 2. The zero-order valence-corrected chi connectivity index (χ0v) is 10.1. The Balaban J connectivity index is 2.56. The predicted molar refractivity (Wildman–Crippen MR) is 63.7 cm³/mol. The van der Waals surface area contributed by atoms with Crippen molar-refractivity contribution in [2.24, 2.45) is 0 Å². The van der Waals surface area contributed by atoms with E-state index in [-0.39, 0.29) is 17.0 Å². The predicted octanol–water partition coefficient (Wildman–Crippen LogP) is 1.63. The minimum atomic E-state index is -1.22. The van der Waals surface area contributed by atoms with Gasteiger partial charge in [0, 0.05) is 12.3 Å². The van der Waals surface area contributed by atoms with Gasteiger partial charge in [-0.2, -0.15) is 5.10 Å². The molecule has 0 saturated heterocycles. The van der Waals surface area contributed by atoms with Crippen LogP contribution in [0.15, 0.2) is 24.5 Å². The average molecular weight is 281 g/mol. The second-order valence-electron chi connectivity index (χ2n) is 3.71. The lowest BCUT2D eigenvalue weighted by Crippen LogP contribution is -2.02. The first-order valence-electron chi connectivity index (χ1n) is 5.24. The molecule has 8 nitrogen and oxygen atoms in total. The van der Waals surface area contributed by atoms with E-state index in [9.17, 15) is 19.3 Å². The summed E-state index contributed by atoms with van der Waals surface area (Å²) in [4.78, 5) is 20.7. The first-order chi connectivity index (χ1) is 9.43. The van der Waals surface area contributed by atoms with Crippen LogP contribution in [0.2, 0.25) is 0 Å². The molecular formula is C11H8FN3O5. The fraction of sp³-hybridized carbons (Fsp3) is 0.0909. The minimum Gasteiger partial charge on any atom is -0.490 e. The summed E-state index contributed by atoms with van der Waals surface area (Å²) in [5.74, 6) is -2.29. The number of carbonyl (C=O) groups is 1. The molecule has 104 valence electrons. The normalized spacial score (nSPS) is 10.3. The lowest BCUT2D eigenvalue weighted by Gasteiger charge is -2.07.